The molecule has 0 saturated carbocycles. The summed E-state index contributed by atoms with van der Waals surface area (Å²) in [6.45, 7) is 3.32. The van der Waals surface area contributed by atoms with Gasteiger partial charge in [-0.15, -0.1) is 0 Å². The van der Waals surface area contributed by atoms with Crippen molar-refractivity contribution in [2.24, 2.45) is 0 Å². The Kier molecular flexibility index (Phi) is 3.17. The molecule has 26 heavy (non-hydrogen) atoms. The number of carbonyl (C=O) groups is 1. The van der Waals surface area contributed by atoms with Crippen LogP contribution in [0.4, 0.5) is 5.69 Å². The molecule has 3 heterocycles. The second kappa shape index (κ2) is 5.25. The normalized spacial score (nSPS) is 34.8. The fourth-order valence-corrected chi connectivity index (χ4v) is 5.30. The van der Waals surface area contributed by atoms with E-state index in [-0.39, 0.29) is 17.6 Å². The van der Waals surface area contributed by atoms with Gasteiger partial charge in [-0.1, -0.05) is 18.3 Å². The zero-order valence-corrected chi connectivity index (χ0v) is 14.9. The van der Waals surface area contributed by atoms with Crippen molar-refractivity contribution in [3.05, 3.63) is 53.1 Å². The second-order valence-corrected chi connectivity index (χ2v) is 8.04. The van der Waals surface area contributed by atoms with Crippen LogP contribution in [0.25, 0.3) is 0 Å². The first-order valence-electron chi connectivity index (χ1n) is 9.33. The van der Waals surface area contributed by atoms with Crippen LogP contribution < -0.4 is 5.73 Å². The highest BCUT2D eigenvalue weighted by molar-refractivity contribution is 5.90. The third-order valence-corrected chi connectivity index (χ3v) is 6.32. The largest absolute Gasteiger partial charge is 0.449 e. The van der Waals surface area contributed by atoms with Crippen molar-refractivity contribution in [1.82, 2.24) is 4.90 Å². The number of hydrogen-bond acceptors (Lipinski definition) is 4. The number of hydrogen-bond donors (Lipinski definition) is 1. The van der Waals surface area contributed by atoms with E-state index in [0.717, 1.165) is 41.8 Å². The van der Waals surface area contributed by atoms with E-state index in [0.29, 0.717) is 0 Å². The number of benzene rings is 1. The molecule has 2 fully saturated rings. The van der Waals surface area contributed by atoms with E-state index in [2.05, 4.69) is 29.7 Å². The maximum atomic E-state index is 12.2. The van der Waals surface area contributed by atoms with Gasteiger partial charge in [0.1, 0.15) is 0 Å². The predicted molar refractivity (Wildman–Crippen MR) is 100 cm³/mol. The minimum absolute atomic E-state index is 0.0990. The second-order valence-electron chi connectivity index (χ2n) is 8.04. The summed E-state index contributed by atoms with van der Waals surface area (Å²) in [7, 11) is 0. The standard InChI is InChI=1S/C22H22N2O2/c1-21-13-16(8-5-15-6-9-17(23)10-7-15)18-12-20(25)26-22(18,14-21)19-4-2-3-11-24(19)21/h6-7,9-10,12-13,19H,2-4,11,14,23H2,1H3. The average molecular weight is 346 g/mol. The van der Waals surface area contributed by atoms with Gasteiger partial charge in [0.05, 0.1) is 6.04 Å². The van der Waals surface area contributed by atoms with Crippen LogP contribution in [0.5, 0.6) is 0 Å². The Morgan fingerprint density at radius 2 is 2.04 bits per heavy atom. The first-order chi connectivity index (χ1) is 12.5. The Morgan fingerprint density at radius 1 is 1.23 bits per heavy atom. The zero-order valence-electron chi connectivity index (χ0n) is 14.9. The molecule has 2 N–H and O–H groups in total. The molecule has 1 aromatic rings. The summed E-state index contributed by atoms with van der Waals surface area (Å²) < 4.78 is 5.98. The van der Waals surface area contributed by atoms with E-state index in [1.165, 1.54) is 12.8 Å². The van der Waals surface area contributed by atoms with Crippen molar-refractivity contribution in [2.45, 2.75) is 49.8 Å². The van der Waals surface area contributed by atoms with Crippen LogP contribution in [0.1, 0.15) is 38.2 Å². The van der Waals surface area contributed by atoms with Crippen molar-refractivity contribution in [3.8, 4) is 11.8 Å². The van der Waals surface area contributed by atoms with Crippen LogP contribution in [0.15, 0.2) is 47.6 Å². The molecule has 1 aromatic carbocycles. The number of fused-ring (bicyclic) bond motifs is 3. The summed E-state index contributed by atoms with van der Waals surface area (Å²) in [5.41, 5.74) is 8.71. The van der Waals surface area contributed by atoms with Gasteiger partial charge < -0.3 is 10.5 Å². The molecule has 0 amide bonds. The number of esters is 1. The Morgan fingerprint density at radius 3 is 2.85 bits per heavy atom. The SMILES string of the molecule is CC12C=C(C#Cc3ccc(N)cc3)C3=CC(=O)OC3(C1)C1CCCCN12. The van der Waals surface area contributed by atoms with E-state index < -0.39 is 5.60 Å². The lowest BCUT2D eigenvalue weighted by Crippen LogP contribution is -2.49. The number of nitrogens with zero attached hydrogens (tertiary/aromatic N) is 1. The molecule has 0 radical (unpaired) electrons. The number of carbonyl (C=O) groups excluding carboxylic acids is 1. The molecule has 3 aliphatic heterocycles. The topological polar surface area (TPSA) is 55.6 Å². The molecule has 4 heteroatoms. The summed E-state index contributed by atoms with van der Waals surface area (Å²) >= 11 is 0. The summed E-state index contributed by atoms with van der Waals surface area (Å²) in [4.78, 5) is 14.8. The molecule has 1 spiro atoms. The lowest BCUT2D eigenvalue weighted by Gasteiger charge is -2.39. The molecule has 2 saturated heterocycles. The fraction of sp³-hybridized carbons (Fsp3) is 0.409. The summed E-state index contributed by atoms with van der Waals surface area (Å²) in [6.07, 6.45) is 8.24. The third-order valence-electron chi connectivity index (χ3n) is 6.32. The lowest BCUT2D eigenvalue weighted by atomic mass is 9.73. The van der Waals surface area contributed by atoms with Gasteiger partial charge in [0, 0.05) is 40.4 Å². The monoisotopic (exact) mass is 346 g/mol. The fourth-order valence-electron chi connectivity index (χ4n) is 5.30. The molecular weight excluding hydrogens is 324 g/mol. The number of rotatable bonds is 0. The van der Waals surface area contributed by atoms with Gasteiger partial charge >= 0.3 is 5.97 Å². The molecule has 5 rings (SSSR count). The minimum atomic E-state index is -0.508. The quantitative estimate of drug-likeness (QED) is 0.446. The van der Waals surface area contributed by atoms with Crippen molar-refractivity contribution in [3.63, 3.8) is 0 Å². The van der Waals surface area contributed by atoms with E-state index in [9.17, 15) is 4.79 Å². The van der Waals surface area contributed by atoms with Gasteiger partial charge in [-0.05, 0) is 56.7 Å². The van der Waals surface area contributed by atoms with Crippen molar-refractivity contribution in [1.29, 1.82) is 0 Å². The van der Waals surface area contributed by atoms with Gasteiger partial charge in [0.25, 0.3) is 0 Å². The van der Waals surface area contributed by atoms with Crippen LogP contribution >= 0.6 is 0 Å². The molecule has 2 bridgehead atoms. The number of ether oxygens (including phenoxy) is 1. The number of nitrogens with two attached hydrogens (primary N) is 1. The Labute approximate surface area is 153 Å². The number of anilines is 1. The minimum Gasteiger partial charge on any atom is -0.449 e. The molecule has 132 valence electrons. The van der Waals surface area contributed by atoms with Crippen LogP contribution in [0.3, 0.4) is 0 Å². The van der Waals surface area contributed by atoms with Crippen LogP contribution in [-0.2, 0) is 9.53 Å². The highest BCUT2D eigenvalue weighted by Crippen LogP contribution is 2.57. The van der Waals surface area contributed by atoms with Gasteiger partial charge in [-0.3, -0.25) is 4.90 Å². The van der Waals surface area contributed by atoms with Gasteiger partial charge in [-0.2, -0.15) is 0 Å². The van der Waals surface area contributed by atoms with Crippen LogP contribution in [0.2, 0.25) is 0 Å². The average Bonchev–Trinajstić information content (AvgIpc) is 3.07. The molecular formula is C22H22N2O2. The van der Waals surface area contributed by atoms with Crippen molar-refractivity contribution < 1.29 is 9.53 Å². The van der Waals surface area contributed by atoms with Crippen molar-refractivity contribution in [2.75, 3.05) is 12.3 Å². The van der Waals surface area contributed by atoms with Crippen LogP contribution in [-0.4, -0.2) is 34.6 Å². The summed E-state index contributed by atoms with van der Waals surface area (Å²) in [5, 5.41) is 0. The summed E-state index contributed by atoms with van der Waals surface area (Å²) in [6, 6.07) is 7.82. The number of nitrogen functional groups attached to an aromatic ring is 1. The maximum Gasteiger partial charge on any atom is 0.332 e. The van der Waals surface area contributed by atoms with E-state index in [4.69, 9.17) is 10.5 Å². The highest BCUT2D eigenvalue weighted by atomic mass is 16.6. The zero-order chi connectivity index (χ0) is 17.9. The maximum absolute atomic E-state index is 12.2. The highest BCUT2D eigenvalue weighted by Gasteiger charge is 2.65. The molecule has 0 aromatic heterocycles. The predicted octanol–water partition coefficient (Wildman–Crippen LogP) is 2.80. The number of piperidine rings is 1. The Hall–Kier alpha value is -2.51. The molecule has 1 aliphatic carbocycles. The van der Waals surface area contributed by atoms with E-state index in [1.807, 2.05) is 24.3 Å². The van der Waals surface area contributed by atoms with Crippen LogP contribution in [0, 0.1) is 11.8 Å². The van der Waals surface area contributed by atoms with Gasteiger partial charge in [0.2, 0.25) is 0 Å². The smallest absolute Gasteiger partial charge is 0.332 e. The molecule has 4 nitrogen and oxygen atoms in total. The molecule has 4 aliphatic rings. The Balaban J connectivity index is 1.60. The van der Waals surface area contributed by atoms with Crippen molar-refractivity contribution >= 4 is 11.7 Å². The van der Waals surface area contributed by atoms with Gasteiger partial charge in [0.15, 0.2) is 5.60 Å². The molecule has 3 atom stereocenters. The summed E-state index contributed by atoms with van der Waals surface area (Å²) in [5.74, 6) is 6.33. The third kappa shape index (κ3) is 2.10. The lowest BCUT2D eigenvalue weighted by molar-refractivity contribution is -0.148. The van der Waals surface area contributed by atoms with Gasteiger partial charge in [-0.25, -0.2) is 4.79 Å². The first kappa shape index (κ1) is 15.7. The molecule has 3 unspecified atom stereocenters. The van der Waals surface area contributed by atoms with E-state index >= 15 is 0 Å². The first-order valence-corrected chi connectivity index (χ1v) is 9.33. The Bertz CT molecular complexity index is 918. The van der Waals surface area contributed by atoms with E-state index in [1.54, 1.807) is 6.08 Å².